The van der Waals surface area contributed by atoms with Gasteiger partial charge in [-0.05, 0) is 24.5 Å². The van der Waals surface area contributed by atoms with Crippen LogP contribution in [0.15, 0.2) is 18.2 Å². The van der Waals surface area contributed by atoms with Crippen molar-refractivity contribution in [1.82, 2.24) is 10.0 Å². The van der Waals surface area contributed by atoms with Crippen LogP contribution in [0.4, 0.5) is 13.2 Å². The quantitative estimate of drug-likeness (QED) is 0.841. The second-order valence-electron chi connectivity index (χ2n) is 5.29. The van der Waals surface area contributed by atoms with E-state index < -0.39 is 27.8 Å². The lowest BCUT2D eigenvalue weighted by atomic mass is 9.87. The molecule has 0 amide bonds. The van der Waals surface area contributed by atoms with Gasteiger partial charge in [0.15, 0.2) is 0 Å². The highest BCUT2D eigenvalue weighted by atomic mass is 32.2. The van der Waals surface area contributed by atoms with Gasteiger partial charge in [0.1, 0.15) is 5.82 Å². The molecule has 2 rings (SSSR count). The molecule has 118 valence electrons. The molecule has 8 heteroatoms. The molecular formula is C13H17F3N2O2S. The minimum atomic E-state index is -3.19. The summed E-state index contributed by atoms with van der Waals surface area (Å²) in [5.41, 5.74) is -0.0174. The highest BCUT2D eigenvalue weighted by Crippen LogP contribution is 2.24. The predicted molar refractivity (Wildman–Crippen MR) is 73.0 cm³/mol. The van der Waals surface area contributed by atoms with Gasteiger partial charge < -0.3 is 5.32 Å². The van der Waals surface area contributed by atoms with Crippen molar-refractivity contribution in [3.8, 4) is 0 Å². The first-order chi connectivity index (χ1) is 9.74. The average molecular weight is 322 g/mol. The summed E-state index contributed by atoms with van der Waals surface area (Å²) in [6.07, 6.45) is -0.391. The fraction of sp³-hybridized carbons (Fsp3) is 0.538. The summed E-state index contributed by atoms with van der Waals surface area (Å²) in [7, 11) is -3.19. The molecule has 0 unspecified atom stereocenters. The van der Waals surface area contributed by atoms with Gasteiger partial charge in [-0.1, -0.05) is 12.1 Å². The van der Waals surface area contributed by atoms with Gasteiger partial charge >= 0.3 is 0 Å². The summed E-state index contributed by atoms with van der Waals surface area (Å²) in [5, 5.41) is 3.14. The smallest absolute Gasteiger partial charge is 0.266 e. The van der Waals surface area contributed by atoms with Crippen molar-refractivity contribution < 1.29 is 21.6 Å². The molecular weight excluding hydrogens is 305 g/mol. The molecule has 1 aliphatic rings. The highest BCUT2D eigenvalue weighted by molar-refractivity contribution is 7.88. The second kappa shape index (κ2) is 6.33. The first-order valence-electron chi connectivity index (χ1n) is 6.52. The molecule has 0 spiro atoms. The summed E-state index contributed by atoms with van der Waals surface area (Å²) in [5.74, 6) is -0.908. The molecule has 2 N–H and O–H groups in total. The number of hydrogen-bond donors (Lipinski definition) is 2. The van der Waals surface area contributed by atoms with Crippen LogP contribution in [-0.4, -0.2) is 26.8 Å². The number of alkyl halides is 2. The zero-order chi connectivity index (χ0) is 15.6. The van der Waals surface area contributed by atoms with Crippen LogP contribution in [0.3, 0.4) is 0 Å². The Morgan fingerprint density at radius 1 is 1.29 bits per heavy atom. The maximum absolute atomic E-state index is 13.4. The fourth-order valence-electron chi connectivity index (χ4n) is 2.30. The lowest BCUT2D eigenvalue weighted by Crippen LogP contribution is -2.51. The Balaban J connectivity index is 1.79. The first kappa shape index (κ1) is 16.3. The van der Waals surface area contributed by atoms with Gasteiger partial charge in [-0.15, -0.1) is 0 Å². The standard InChI is InChI=1S/C13H17F3N2O2S/c1-21(19,20)18-10-5-9(6-10)17-7-8-2-3-11(13(15)16)12(14)4-8/h2-4,9-10,13,17-18H,5-7H2,1H3. The maximum Gasteiger partial charge on any atom is 0.266 e. The van der Waals surface area contributed by atoms with Crippen molar-refractivity contribution in [1.29, 1.82) is 0 Å². The molecule has 1 fully saturated rings. The molecule has 4 nitrogen and oxygen atoms in total. The molecule has 0 heterocycles. The Bertz CT molecular complexity index is 601. The van der Waals surface area contributed by atoms with E-state index in [4.69, 9.17) is 0 Å². The van der Waals surface area contributed by atoms with Crippen LogP contribution in [-0.2, 0) is 16.6 Å². The summed E-state index contributed by atoms with van der Waals surface area (Å²) in [6.45, 7) is 0.358. The summed E-state index contributed by atoms with van der Waals surface area (Å²) < 4.78 is 62.7. The van der Waals surface area contributed by atoms with E-state index in [-0.39, 0.29) is 12.1 Å². The molecule has 1 saturated carbocycles. The first-order valence-corrected chi connectivity index (χ1v) is 8.41. The van der Waals surface area contributed by atoms with E-state index in [1.54, 1.807) is 0 Å². The van der Waals surface area contributed by atoms with Gasteiger partial charge in [0.2, 0.25) is 10.0 Å². The number of sulfonamides is 1. The number of halogens is 3. The Labute approximate surface area is 121 Å². The van der Waals surface area contributed by atoms with Gasteiger partial charge in [-0.3, -0.25) is 0 Å². The Morgan fingerprint density at radius 3 is 2.48 bits per heavy atom. The SMILES string of the molecule is CS(=O)(=O)NC1CC(NCc2ccc(C(F)F)c(F)c2)C1. The van der Waals surface area contributed by atoms with E-state index in [1.807, 2.05) is 0 Å². The molecule has 0 radical (unpaired) electrons. The van der Waals surface area contributed by atoms with Crippen LogP contribution in [0.5, 0.6) is 0 Å². The summed E-state index contributed by atoms with van der Waals surface area (Å²) in [4.78, 5) is 0. The monoisotopic (exact) mass is 322 g/mol. The molecule has 0 bridgehead atoms. The van der Waals surface area contributed by atoms with Crippen LogP contribution >= 0.6 is 0 Å². The molecule has 1 aliphatic carbocycles. The molecule has 0 atom stereocenters. The van der Waals surface area contributed by atoms with Gasteiger partial charge in [0.25, 0.3) is 6.43 Å². The number of hydrogen-bond acceptors (Lipinski definition) is 3. The van der Waals surface area contributed by atoms with E-state index in [9.17, 15) is 21.6 Å². The normalized spacial score (nSPS) is 22.3. The van der Waals surface area contributed by atoms with Crippen LogP contribution in [0, 0.1) is 5.82 Å². The zero-order valence-electron chi connectivity index (χ0n) is 11.4. The van der Waals surface area contributed by atoms with E-state index in [1.165, 1.54) is 6.07 Å². The molecule has 1 aromatic rings. The van der Waals surface area contributed by atoms with Gasteiger partial charge in [0, 0.05) is 18.6 Å². The largest absolute Gasteiger partial charge is 0.310 e. The fourth-order valence-corrected chi connectivity index (χ4v) is 3.10. The van der Waals surface area contributed by atoms with E-state index in [2.05, 4.69) is 10.0 Å². The molecule has 21 heavy (non-hydrogen) atoms. The van der Waals surface area contributed by atoms with E-state index in [0.29, 0.717) is 24.9 Å². The van der Waals surface area contributed by atoms with Crippen LogP contribution < -0.4 is 10.0 Å². The number of benzene rings is 1. The predicted octanol–water partition coefficient (Wildman–Crippen LogP) is 1.93. The van der Waals surface area contributed by atoms with Crippen molar-refractivity contribution in [2.75, 3.05) is 6.26 Å². The van der Waals surface area contributed by atoms with Crippen molar-refractivity contribution >= 4 is 10.0 Å². The third-order valence-electron chi connectivity index (χ3n) is 3.41. The Kier molecular flexibility index (Phi) is 4.90. The summed E-state index contributed by atoms with van der Waals surface area (Å²) >= 11 is 0. The number of rotatable bonds is 6. The Morgan fingerprint density at radius 2 is 1.95 bits per heavy atom. The highest BCUT2D eigenvalue weighted by Gasteiger charge is 2.30. The topological polar surface area (TPSA) is 58.2 Å². The minimum Gasteiger partial charge on any atom is -0.310 e. The second-order valence-corrected chi connectivity index (χ2v) is 7.07. The van der Waals surface area contributed by atoms with E-state index in [0.717, 1.165) is 18.4 Å². The van der Waals surface area contributed by atoms with Crippen molar-refractivity contribution in [2.45, 2.75) is 37.9 Å². The van der Waals surface area contributed by atoms with Crippen LogP contribution in [0.25, 0.3) is 0 Å². The summed E-state index contributed by atoms with van der Waals surface area (Å²) in [6, 6.07) is 3.71. The van der Waals surface area contributed by atoms with E-state index >= 15 is 0 Å². The lowest BCUT2D eigenvalue weighted by Gasteiger charge is -2.36. The number of nitrogens with one attached hydrogen (secondary N) is 2. The minimum absolute atomic E-state index is 0.0737. The zero-order valence-corrected chi connectivity index (χ0v) is 12.3. The van der Waals surface area contributed by atoms with Gasteiger partial charge in [0.05, 0.1) is 11.8 Å². The van der Waals surface area contributed by atoms with Crippen molar-refractivity contribution in [2.24, 2.45) is 0 Å². The maximum atomic E-state index is 13.4. The molecule has 0 saturated heterocycles. The Hall–Kier alpha value is -1.12. The van der Waals surface area contributed by atoms with Crippen LogP contribution in [0.2, 0.25) is 0 Å². The van der Waals surface area contributed by atoms with Gasteiger partial charge in [-0.2, -0.15) is 0 Å². The van der Waals surface area contributed by atoms with Crippen LogP contribution in [0.1, 0.15) is 30.4 Å². The van der Waals surface area contributed by atoms with Gasteiger partial charge in [-0.25, -0.2) is 26.3 Å². The molecule has 0 aromatic heterocycles. The van der Waals surface area contributed by atoms with Crippen molar-refractivity contribution in [3.63, 3.8) is 0 Å². The molecule has 1 aromatic carbocycles. The third-order valence-corrected chi connectivity index (χ3v) is 4.18. The average Bonchev–Trinajstić information content (AvgIpc) is 2.30. The lowest BCUT2D eigenvalue weighted by molar-refractivity contribution is 0.146. The molecule has 0 aliphatic heterocycles. The van der Waals surface area contributed by atoms with Crippen molar-refractivity contribution in [3.05, 3.63) is 35.1 Å². The third kappa shape index (κ3) is 4.69.